The van der Waals surface area contributed by atoms with Crippen LogP contribution in [-0.4, -0.2) is 6.61 Å². The van der Waals surface area contributed by atoms with Gasteiger partial charge in [-0.25, -0.2) is 0 Å². The zero-order valence-corrected chi connectivity index (χ0v) is 8.74. The molecular formula is C11H15CuO. The molecule has 0 radical (unpaired) electrons. The van der Waals surface area contributed by atoms with E-state index in [1.807, 2.05) is 25.1 Å². The van der Waals surface area contributed by atoms with Gasteiger partial charge in [0, 0.05) is 6.61 Å². The molecule has 0 heterocycles. The second-order valence-electron chi connectivity index (χ2n) is 3.11. The van der Waals surface area contributed by atoms with E-state index < -0.39 is 0 Å². The minimum Gasteiger partial charge on any atom is -0.379 e. The molecule has 2 heteroatoms. The van der Waals surface area contributed by atoms with Crippen LogP contribution < -0.4 is 0 Å². The summed E-state index contributed by atoms with van der Waals surface area (Å²) in [5.41, 5.74) is 1.22. The van der Waals surface area contributed by atoms with E-state index in [1.54, 1.807) is 0 Å². The molecular weight excluding hydrogens is 212 g/mol. The van der Waals surface area contributed by atoms with Crippen LogP contribution in [-0.2, 0) is 28.4 Å². The van der Waals surface area contributed by atoms with Crippen molar-refractivity contribution in [3.63, 3.8) is 0 Å². The van der Waals surface area contributed by atoms with Gasteiger partial charge in [-0.1, -0.05) is 37.3 Å². The van der Waals surface area contributed by atoms with Crippen molar-refractivity contribution in [3.8, 4) is 0 Å². The summed E-state index contributed by atoms with van der Waals surface area (Å²) in [5, 5.41) is 0. The van der Waals surface area contributed by atoms with Gasteiger partial charge in [0.2, 0.25) is 0 Å². The van der Waals surface area contributed by atoms with Crippen LogP contribution in [0.1, 0.15) is 12.5 Å². The van der Waals surface area contributed by atoms with Crippen LogP contribution in [0.2, 0.25) is 0 Å². The van der Waals surface area contributed by atoms with Crippen molar-refractivity contribution in [2.75, 3.05) is 6.61 Å². The topological polar surface area (TPSA) is 9.23 Å². The molecule has 1 atom stereocenters. The smallest absolute Gasteiger partial charge is 0.379 e. The Labute approximate surface area is 91.0 Å². The first-order chi connectivity index (χ1) is 5.79. The first kappa shape index (κ1) is 12.7. The Balaban J connectivity index is 0.00000144. The van der Waals surface area contributed by atoms with E-state index in [2.05, 4.69) is 19.1 Å². The Morgan fingerprint density at radius 1 is 1.31 bits per heavy atom. The van der Waals surface area contributed by atoms with Crippen molar-refractivity contribution in [1.82, 2.24) is 0 Å². The summed E-state index contributed by atoms with van der Waals surface area (Å²) in [6, 6.07) is 10.2. The third-order valence-corrected chi connectivity index (χ3v) is 1.51. The van der Waals surface area contributed by atoms with Gasteiger partial charge in [-0.3, -0.25) is 0 Å². The maximum Gasteiger partial charge on any atom is 1.00 e. The van der Waals surface area contributed by atoms with Crippen LogP contribution in [0.3, 0.4) is 0 Å². The van der Waals surface area contributed by atoms with Crippen molar-refractivity contribution in [2.45, 2.75) is 13.5 Å². The van der Waals surface area contributed by atoms with Crippen LogP contribution in [0, 0.1) is 12.8 Å². The molecule has 0 aromatic heterocycles. The standard InChI is InChI=1S/C11H15O.Cu/c1-10(2)8-12-9-11-6-4-3-5-7-11;/h3-7,10H,1,8-9H2,2H3;/q-1;+1/t10-;/m0./s1. The van der Waals surface area contributed by atoms with Crippen LogP contribution in [0.5, 0.6) is 0 Å². The number of benzene rings is 1. The molecule has 0 fully saturated rings. The average molecular weight is 227 g/mol. The molecule has 1 rings (SSSR count). The molecule has 0 aliphatic carbocycles. The second kappa shape index (κ2) is 7.14. The summed E-state index contributed by atoms with van der Waals surface area (Å²) in [4.78, 5) is 0. The summed E-state index contributed by atoms with van der Waals surface area (Å²) in [6.07, 6.45) is 0. The van der Waals surface area contributed by atoms with E-state index in [0.717, 1.165) is 6.61 Å². The van der Waals surface area contributed by atoms with E-state index in [1.165, 1.54) is 5.56 Å². The van der Waals surface area contributed by atoms with E-state index in [4.69, 9.17) is 4.74 Å². The Morgan fingerprint density at radius 3 is 2.46 bits per heavy atom. The Hall–Kier alpha value is -0.301. The van der Waals surface area contributed by atoms with Gasteiger partial charge >= 0.3 is 17.1 Å². The molecule has 76 valence electrons. The summed E-state index contributed by atoms with van der Waals surface area (Å²) in [5.74, 6) is 0.369. The maximum absolute atomic E-state index is 5.42. The Bertz CT molecular complexity index is 209. The van der Waals surface area contributed by atoms with E-state index in [9.17, 15) is 0 Å². The zero-order valence-electron chi connectivity index (χ0n) is 7.80. The van der Waals surface area contributed by atoms with E-state index >= 15 is 0 Å². The summed E-state index contributed by atoms with van der Waals surface area (Å²) >= 11 is 0. The molecule has 0 aliphatic heterocycles. The van der Waals surface area contributed by atoms with Crippen molar-refractivity contribution in [1.29, 1.82) is 0 Å². The van der Waals surface area contributed by atoms with Gasteiger partial charge < -0.3 is 11.7 Å². The van der Waals surface area contributed by atoms with E-state index in [-0.39, 0.29) is 17.1 Å². The first-order valence-electron chi connectivity index (χ1n) is 4.24. The predicted octanol–water partition coefficient (Wildman–Crippen LogP) is 2.67. The molecule has 1 aromatic carbocycles. The van der Waals surface area contributed by atoms with Crippen LogP contribution in [0.4, 0.5) is 0 Å². The summed E-state index contributed by atoms with van der Waals surface area (Å²) in [7, 11) is 0. The average Bonchev–Trinajstić information content (AvgIpc) is 2.05. The minimum atomic E-state index is 0. The van der Waals surface area contributed by atoms with Crippen molar-refractivity contribution >= 4 is 0 Å². The van der Waals surface area contributed by atoms with Gasteiger partial charge in [-0.2, -0.15) is 0 Å². The monoisotopic (exact) mass is 226 g/mol. The van der Waals surface area contributed by atoms with Crippen LogP contribution in [0.15, 0.2) is 30.3 Å². The molecule has 0 N–H and O–H groups in total. The number of rotatable bonds is 4. The van der Waals surface area contributed by atoms with E-state index in [0.29, 0.717) is 12.5 Å². The Kier molecular flexibility index (Phi) is 6.97. The Morgan fingerprint density at radius 2 is 1.92 bits per heavy atom. The SMILES string of the molecule is [CH2-][C@@H](C)COCc1ccccc1.[Cu+]. The third-order valence-electron chi connectivity index (χ3n) is 1.51. The van der Waals surface area contributed by atoms with Crippen molar-refractivity contribution in [2.24, 2.45) is 5.92 Å². The van der Waals surface area contributed by atoms with Crippen molar-refractivity contribution in [3.05, 3.63) is 42.8 Å². The van der Waals surface area contributed by atoms with Gasteiger partial charge in [-0.15, -0.1) is 5.92 Å². The van der Waals surface area contributed by atoms with Crippen LogP contribution >= 0.6 is 0 Å². The number of hydrogen-bond donors (Lipinski definition) is 0. The normalized spacial score (nSPS) is 11.8. The predicted molar refractivity (Wildman–Crippen MR) is 50.6 cm³/mol. The maximum atomic E-state index is 5.42. The van der Waals surface area contributed by atoms with Gasteiger partial charge in [0.05, 0.1) is 6.61 Å². The molecule has 1 aromatic rings. The molecule has 13 heavy (non-hydrogen) atoms. The summed E-state index contributed by atoms with van der Waals surface area (Å²) in [6.45, 7) is 7.32. The zero-order chi connectivity index (χ0) is 8.81. The third kappa shape index (κ3) is 5.86. The number of ether oxygens (including phenoxy) is 1. The molecule has 0 saturated carbocycles. The molecule has 0 aliphatic rings. The number of hydrogen-bond acceptors (Lipinski definition) is 1. The largest absolute Gasteiger partial charge is 1.00 e. The second-order valence-corrected chi connectivity index (χ2v) is 3.11. The molecule has 0 amide bonds. The first-order valence-corrected chi connectivity index (χ1v) is 4.24. The van der Waals surface area contributed by atoms with Gasteiger partial charge in [0.1, 0.15) is 0 Å². The van der Waals surface area contributed by atoms with Gasteiger partial charge in [0.15, 0.2) is 0 Å². The molecule has 0 unspecified atom stereocenters. The molecule has 1 nitrogen and oxygen atoms in total. The molecule has 0 spiro atoms. The molecule has 0 saturated heterocycles. The fraction of sp³-hybridized carbons (Fsp3) is 0.364. The van der Waals surface area contributed by atoms with Crippen molar-refractivity contribution < 1.29 is 21.8 Å². The summed E-state index contributed by atoms with van der Waals surface area (Å²) < 4.78 is 5.42. The quantitative estimate of drug-likeness (QED) is 0.567. The minimum absolute atomic E-state index is 0. The van der Waals surface area contributed by atoms with Gasteiger partial charge in [0.25, 0.3) is 0 Å². The fourth-order valence-corrected chi connectivity index (χ4v) is 0.952. The molecule has 0 bridgehead atoms. The van der Waals surface area contributed by atoms with Crippen LogP contribution in [0.25, 0.3) is 0 Å². The van der Waals surface area contributed by atoms with Gasteiger partial charge in [-0.05, 0) is 5.56 Å². The fourth-order valence-electron chi connectivity index (χ4n) is 0.952.